The van der Waals surface area contributed by atoms with E-state index < -0.39 is 6.10 Å². The fourth-order valence-corrected chi connectivity index (χ4v) is 2.24. The minimum Gasteiger partial charge on any atom is -0.399 e. The predicted octanol–water partition coefficient (Wildman–Crippen LogP) is 2.49. The van der Waals surface area contributed by atoms with E-state index in [9.17, 15) is 5.11 Å². The Balaban J connectivity index is 1.93. The number of anilines is 1. The molecule has 0 amide bonds. The first-order valence-electron chi connectivity index (χ1n) is 5.33. The third-order valence-electron chi connectivity index (χ3n) is 2.35. The number of aromatic nitrogens is 1. The van der Waals surface area contributed by atoms with E-state index in [4.69, 9.17) is 5.73 Å². The highest BCUT2D eigenvalue weighted by atomic mass is 32.2. The third-order valence-corrected chi connectivity index (χ3v) is 3.37. The van der Waals surface area contributed by atoms with Crippen LogP contribution in [-0.4, -0.2) is 15.8 Å². The van der Waals surface area contributed by atoms with E-state index in [2.05, 4.69) is 4.98 Å². The van der Waals surface area contributed by atoms with Crippen LogP contribution in [0.25, 0.3) is 0 Å². The van der Waals surface area contributed by atoms with Gasteiger partial charge in [0.05, 0.1) is 11.1 Å². The third kappa shape index (κ3) is 3.47. The Bertz CT molecular complexity index is 459. The number of rotatable bonds is 4. The van der Waals surface area contributed by atoms with Crippen molar-refractivity contribution in [3.05, 3.63) is 54.2 Å². The average molecular weight is 246 g/mol. The second kappa shape index (κ2) is 5.70. The van der Waals surface area contributed by atoms with E-state index >= 15 is 0 Å². The minimum absolute atomic E-state index is 0.498. The van der Waals surface area contributed by atoms with Crippen LogP contribution < -0.4 is 5.73 Å². The lowest BCUT2D eigenvalue weighted by atomic mass is 10.1. The van der Waals surface area contributed by atoms with Gasteiger partial charge in [-0.25, -0.2) is 4.98 Å². The molecular weight excluding hydrogens is 232 g/mol. The Morgan fingerprint density at radius 2 is 1.94 bits per heavy atom. The van der Waals surface area contributed by atoms with Crippen molar-refractivity contribution in [2.24, 2.45) is 0 Å². The van der Waals surface area contributed by atoms with Crippen LogP contribution in [-0.2, 0) is 0 Å². The molecule has 0 saturated carbocycles. The lowest BCUT2D eigenvalue weighted by Gasteiger charge is -2.10. The number of pyridine rings is 1. The summed E-state index contributed by atoms with van der Waals surface area (Å²) in [4.78, 5) is 4.19. The van der Waals surface area contributed by atoms with Gasteiger partial charge in [0.15, 0.2) is 0 Å². The van der Waals surface area contributed by atoms with Gasteiger partial charge in [0.1, 0.15) is 0 Å². The smallest absolute Gasteiger partial charge is 0.0960 e. The predicted molar refractivity (Wildman–Crippen MR) is 70.8 cm³/mol. The molecule has 3 N–H and O–H groups in total. The topological polar surface area (TPSA) is 59.1 Å². The van der Waals surface area contributed by atoms with Gasteiger partial charge in [-0.15, -0.1) is 11.8 Å². The highest BCUT2D eigenvalue weighted by molar-refractivity contribution is 7.99. The van der Waals surface area contributed by atoms with Gasteiger partial charge in [0.25, 0.3) is 0 Å². The highest BCUT2D eigenvalue weighted by Crippen LogP contribution is 2.23. The monoisotopic (exact) mass is 246 g/mol. The zero-order chi connectivity index (χ0) is 12.1. The molecule has 0 aliphatic rings. The number of nitrogens with two attached hydrogens (primary N) is 1. The molecule has 0 fully saturated rings. The van der Waals surface area contributed by atoms with Crippen LogP contribution in [0, 0.1) is 0 Å². The van der Waals surface area contributed by atoms with Crippen LogP contribution in [0.1, 0.15) is 11.7 Å². The van der Waals surface area contributed by atoms with Crippen LogP contribution in [0.15, 0.2) is 53.7 Å². The first-order valence-corrected chi connectivity index (χ1v) is 6.31. The molecule has 88 valence electrons. The SMILES string of the molecule is Nc1ccc(C(O)CSc2ccccn2)cc1. The van der Waals surface area contributed by atoms with E-state index in [1.165, 1.54) is 11.8 Å². The molecule has 2 aromatic rings. The van der Waals surface area contributed by atoms with Gasteiger partial charge in [0, 0.05) is 17.6 Å². The molecule has 1 heterocycles. The molecule has 1 unspecified atom stereocenters. The van der Waals surface area contributed by atoms with Crippen molar-refractivity contribution < 1.29 is 5.11 Å². The van der Waals surface area contributed by atoms with Crippen molar-refractivity contribution in [1.82, 2.24) is 4.98 Å². The van der Waals surface area contributed by atoms with Gasteiger partial charge in [0.2, 0.25) is 0 Å². The van der Waals surface area contributed by atoms with E-state index in [0.29, 0.717) is 11.4 Å². The van der Waals surface area contributed by atoms with Crippen molar-refractivity contribution in [1.29, 1.82) is 0 Å². The standard InChI is InChI=1S/C13H14N2OS/c14-11-6-4-10(5-7-11)12(16)9-17-13-3-1-2-8-15-13/h1-8,12,16H,9,14H2. The number of nitrogens with zero attached hydrogens (tertiary/aromatic N) is 1. The lowest BCUT2D eigenvalue weighted by Crippen LogP contribution is -2.01. The summed E-state index contributed by atoms with van der Waals surface area (Å²) in [6.45, 7) is 0. The molecule has 1 aromatic heterocycles. The summed E-state index contributed by atoms with van der Waals surface area (Å²) in [5, 5.41) is 10.9. The van der Waals surface area contributed by atoms with Gasteiger partial charge in [-0.2, -0.15) is 0 Å². The van der Waals surface area contributed by atoms with Crippen LogP contribution in [0.2, 0.25) is 0 Å². The van der Waals surface area contributed by atoms with Crippen LogP contribution >= 0.6 is 11.8 Å². The van der Waals surface area contributed by atoms with E-state index in [1.807, 2.05) is 30.3 Å². The van der Waals surface area contributed by atoms with Gasteiger partial charge in [-0.3, -0.25) is 0 Å². The van der Waals surface area contributed by atoms with Crippen LogP contribution in [0.3, 0.4) is 0 Å². The highest BCUT2D eigenvalue weighted by Gasteiger charge is 2.08. The van der Waals surface area contributed by atoms with Gasteiger partial charge >= 0.3 is 0 Å². The van der Waals surface area contributed by atoms with Crippen molar-refractivity contribution in [2.75, 3.05) is 11.5 Å². The molecule has 4 heteroatoms. The van der Waals surface area contributed by atoms with E-state index in [1.54, 1.807) is 18.3 Å². The fraction of sp³-hybridized carbons (Fsp3) is 0.154. The maximum Gasteiger partial charge on any atom is 0.0960 e. The maximum atomic E-state index is 9.98. The van der Waals surface area contributed by atoms with Crippen LogP contribution in [0.5, 0.6) is 0 Å². The Hall–Kier alpha value is -1.52. The molecule has 0 spiro atoms. The number of hydrogen-bond acceptors (Lipinski definition) is 4. The molecule has 3 nitrogen and oxygen atoms in total. The summed E-state index contributed by atoms with van der Waals surface area (Å²) in [5.74, 6) is 0.584. The quantitative estimate of drug-likeness (QED) is 0.643. The number of hydrogen-bond donors (Lipinski definition) is 2. The number of thioether (sulfide) groups is 1. The summed E-state index contributed by atoms with van der Waals surface area (Å²) < 4.78 is 0. The molecular formula is C13H14N2OS. The zero-order valence-corrected chi connectivity index (χ0v) is 10.1. The Kier molecular flexibility index (Phi) is 4.01. The largest absolute Gasteiger partial charge is 0.399 e. The lowest BCUT2D eigenvalue weighted by molar-refractivity contribution is 0.204. The zero-order valence-electron chi connectivity index (χ0n) is 9.28. The summed E-state index contributed by atoms with van der Waals surface area (Å²) in [5.41, 5.74) is 7.18. The molecule has 17 heavy (non-hydrogen) atoms. The van der Waals surface area contributed by atoms with Gasteiger partial charge in [-0.1, -0.05) is 18.2 Å². The summed E-state index contributed by atoms with van der Waals surface area (Å²) >= 11 is 1.54. The van der Waals surface area contributed by atoms with E-state index in [0.717, 1.165) is 10.6 Å². The van der Waals surface area contributed by atoms with Crippen molar-refractivity contribution in [2.45, 2.75) is 11.1 Å². The van der Waals surface area contributed by atoms with Crippen LogP contribution in [0.4, 0.5) is 5.69 Å². The first kappa shape index (κ1) is 12.0. The molecule has 2 rings (SSSR count). The van der Waals surface area contributed by atoms with E-state index in [-0.39, 0.29) is 0 Å². The average Bonchev–Trinajstić information content (AvgIpc) is 2.38. The molecule has 0 bridgehead atoms. The molecule has 0 aliphatic heterocycles. The van der Waals surface area contributed by atoms with Crippen molar-refractivity contribution >= 4 is 17.4 Å². The molecule has 0 radical (unpaired) electrons. The Labute approximate surface area is 105 Å². The van der Waals surface area contributed by atoms with Crippen molar-refractivity contribution in [3.63, 3.8) is 0 Å². The van der Waals surface area contributed by atoms with Gasteiger partial charge in [-0.05, 0) is 29.8 Å². The molecule has 1 aromatic carbocycles. The Morgan fingerprint density at radius 3 is 2.59 bits per heavy atom. The summed E-state index contributed by atoms with van der Waals surface area (Å²) in [7, 11) is 0. The van der Waals surface area contributed by atoms with Gasteiger partial charge < -0.3 is 10.8 Å². The summed E-state index contributed by atoms with van der Waals surface area (Å²) in [6, 6.07) is 13.0. The number of benzene rings is 1. The molecule has 0 saturated heterocycles. The summed E-state index contributed by atoms with van der Waals surface area (Å²) in [6.07, 6.45) is 1.25. The number of aliphatic hydroxyl groups is 1. The number of nitrogen functional groups attached to an aromatic ring is 1. The number of aliphatic hydroxyl groups excluding tert-OH is 1. The fourth-order valence-electron chi connectivity index (χ4n) is 1.41. The second-order valence-corrected chi connectivity index (χ2v) is 4.70. The molecule has 1 atom stereocenters. The second-order valence-electron chi connectivity index (χ2n) is 3.66. The van der Waals surface area contributed by atoms with Crippen molar-refractivity contribution in [3.8, 4) is 0 Å². The normalized spacial score (nSPS) is 12.3. The molecule has 0 aliphatic carbocycles. The maximum absolute atomic E-state index is 9.98. The first-order chi connectivity index (χ1) is 8.25. The minimum atomic E-state index is -0.498. The Morgan fingerprint density at radius 1 is 1.18 bits per heavy atom.